The Morgan fingerprint density at radius 3 is 2.26 bits per heavy atom. The Kier molecular flexibility index (Phi) is 3.94. The number of hydrogen-bond acceptors (Lipinski definition) is 3. The minimum absolute atomic E-state index is 0.295. The molecule has 4 nitrogen and oxygen atoms in total. The van der Waals surface area contributed by atoms with Crippen LogP contribution >= 0.6 is 0 Å². The molecule has 1 aliphatic rings. The molecule has 1 aromatic carbocycles. The molecule has 0 saturated carbocycles. The van der Waals surface area contributed by atoms with E-state index in [1.54, 1.807) is 12.2 Å². The van der Waals surface area contributed by atoms with Gasteiger partial charge in [0.05, 0.1) is 5.92 Å². The molecular weight excluding hydrogens is 249 g/mol. The summed E-state index contributed by atoms with van der Waals surface area (Å²) in [5.41, 5.74) is 0.443. The Labute approximate surface area is 109 Å². The van der Waals surface area contributed by atoms with Crippen LogP contribution in [0.1, 0.15) is 12.8 Å². The van der Waals surface area contributed by atoms with Gasteiger partial charge in [0, 0.05) is 17.6 Å². The first-order chi connectivity index (χ1) is 9.08. The number of nitrogens with one attached hydrogen (secondary N) is 1. The van der Waals surface area contributed by atoms with E-state index >= 15 is 0 Å². The van der Waals surface area contributed by atoms with Gasteiger partial charge in [0.2, 0.25) is 5.91 Å². The van der Waals surface area contributed by atoms with Crippen molar-refractivity contribution in [1.82, 2.24) is 0 Å². The number of carbonyl (C=O) groups is 2. The molecular formula is C14H13FNO3-. The number of carboxylic acid groups (broad SMARTS) is 1. The first kappa shape index (κ1) is 13.3. The smallest absolute Gasteiger partial charge is 0.228 e. The Morgan fingerprint density at radius 2 is 1.68 bits per heavy atom. The molecule has 5 heteroatoms. The third kappa shape index (κ3) is 3.19. The Morgan fingerprint density at radius 1 is 1.11 bits per heavy atom. The number of halogens is 1. The Hall–Kier alpha value is -2.17. The summed E-state index contributed by atoms with van der Waals surface area (Å²) < 4.78 is 12.7. The third-order valence-corrected chi connectivity index (χ3v) is 3.18. The van der Waals surface area contributed by atoms with E-state index in [0.29, 0.717) is 18.5 Å². The zero-order chi connectivity index (χ0) is 13.8. The second kappa shape index (κ2) is 5.65. The van der Waals surface area contributed by atoms with Gasteiger partial charge in [-0.05, 0) is 37.1 Å². The molecule has 1 aromatic rings. The molecule has 19 heavy (non-hydrogen) atoms. The van der Waals surface area contributed by atoms with E-state index in [1.807, 2.05) is 0 Å². The van der Waals surface area contributed by atoms with E-state index in [9.17, 15) is 19.1 Å². The molecule has 0 spiro atoms. The van der Waals surface area contributed by atoms with E-state index < -0.39 is 23.6 Å². The average molecular weight is 262 g/mol. The van der Waals surface area contributed by atoms with E-state index in [-0.39, 0.29) is 5.91 Å². The summed E-state index contributed by atoms with van der Waals surface area (Å²) >= 11 is 0. The van der Waals surface area contributed by atoms with Crippen molar-refractivity contribution < 1.29 is 19.1 Å². The van der Waals surface area contributed by atoms with Crippen molar-refractivity contribution in [2.24, 2.45) is 11.8 Å². The van der Waals surface area contributed by atoms with Crippen molar-refractivity contribution in [3.8, 4) is 0 Å². The number of anilines is 1. The van der Waals surface area contributed by atoms with E-state index in [0.717, 1.165) is 0 Å². The molecule has 0 heterocycles. The van der Waals surface area contributed by atoms with Gasteiger partial charge >= 0.3 is 0 Å². The van der Waals surface area contributed by atoms with Gasteiger partial charge < -0.3 is 15.2 Å². The first-order valence-corrected chi connectivity index (χ1v) is 6.00. The molecule has 2 rings (SSSR count). The van der Waals surface area contributed by atoms with Gasteiger partial charge in [-0.3, -0.25) is 4.79 Å². The van der Waals surface area contributed by atoms with Crippen molar-refractivity contribution in [2.75, 3.05) is 5.32 Å². The molecule has 0 fully saturated rings. The molecule has 0 aliphatic heterocycles. The van der Waals surface area contributed by atoms with Crippen LogP contribution in [-0.4, -0.2) is 11.9 Å². The zero-order valence-corrected chi connectivity index (χ0v) is 10.1. The normalized spacial score (nSPS) is 21.9. The molecule has 1 amide bonds. The molecule has 0 bridgehead atoms. The highest BCUT2D eigenvalue weighted by Crippen LogP contribution is 2.26. The molecule has 0 radical (unpaired) electrons. The summed E-state index contributed by atoms with van der Waals surface area (Å²) in [5.74, 6) is -3.47. The fourth-order valence-electron chi connectivity index (χ4n) is 2.13. The zero-order valence-electron chi connectivity index (χ0n) is 10.1. The van der Waals surface area contributed by atoms with Crippen molar-refractivity contribution >= 4 is 17.6 Å². The number of allylic oxidation sites excluding steroid dienone is 2. The lowest BCUT2D eigenvalue weighted by Gasteiger charge is -2.28. The summed E-state index contributed by atoms with van der Waals surface area (Å²) in [5, 5.41) is 13.6. The van der Waals surface area contributed by atoms with Gasteiger partial charge in [-0.2, -0.15) is 0 Å². The minimum Gasteiger partial charge on any atom is -0.550 e. The molecule has 0 aromatic heterocycles. The van der Waals surface area contributed by atoms with Crippen LogP contribution in [0.3, 0.4) is 0 Å². The van der Waals surface area contributed by atoms with Crippen molar-refractivity contribution in [2.45, 2.75) is 12.8 Å². The Balaban J connectivity index is 2.08. The molecule has 2 atom stereocenters. The highest BCUT2D eigenvalue weighted by atomic mass is 19.1. The van der Waals surface area contributed by atoms with Crippen LogP contribution < -0.4 is 10.4 Å². The number of carboxylic acids is 1. The third-order valence-electron chi connectivity index (χ3n) is 3.18. The molecule has 0 saturated heterocycles. The second-order valence-corrected chi connectivity index (χ2v) is 4.47. The van der Waals surface area contributed by atoms with Crippen molar-refractivity contribution in [3.05, 3.63) is 42.2 Å². The lowest BCUT2D eigenvalue weighted by atomic mass is 9.82. The van der Waals surface area contributed by atoms with Crippen LogP contribution in [-0.2, 0) is 9.59 Å². The predicted molar refractivity (Wildman–Crippen MR) is 65.4 cm³/mol. The van der Waals surface area contributed by atoms with E-state index in [2.05, 4.69) is 5.32 Å². The van der Waals surface area contributed by atoms with Crippen molar-refractivity contribution in [3.63, 3.8) is 0 Å². The molecule has 100 valence electrons. The van der Waals surface area contributed by atoms with Crippen LogP contribution in [0.2, 0.25) is 0 Å². The lowest BCUT2D eigenvalue weighted by Crippen LogP contribution is -2.41. The van der Waals surface area contributed by atoms with Gasteiger partial charge in [0.15, 0.2) is 0 Å². The second-order valence-electron chi connectivity index (χ2n) is 4.47. The fourth-order valence-corrected chi connectivity index (χ4v) is 2.13. The monoisotopic (exact) mass is 262 g/mol. The lowest BCUT2D eigenvalue weighted by molar-refractivity contribution is -0.313. The van der Waals surface area contributed by atoms with Crippen LogP contribution in [0, 0.1) is 17.7 Å². The first-order valence-electron chi connectivity index (χ1n) is 6.00. The SMILES string of the molecule is O=C(Nc1ccc(F)cc1)[C@H]1CC=CC[C@H]1C(=O)[O-]. The van der Waals surface area contributed by atoms with Gasteiger partial charge in [-0.1, -0.05) is 12.2 Å². The average Bonchev–Trinajstić information content (AvgIpc) is 2.41. The van der Waals surface area contributed by atoms with Gasteiger partial charge in [0.1, 0.15) is 5.82 Å². The fraction of sp³-hybridized carbons (Fsp3) is 0.286. The van der Waals surface area contributed by atoms with Crippen LogP contribution in [0.25, 0.3) is 0 Å². The van der Waals surface area contributed by atoms with Crippen LogP contribution in [0.4, 0.5) is 10.1 Å². The predicted octanol–water partition coefficient (Wildman–Crippen LogP) is 1.10. The van der Waals surface area contributed by atoms with E-state index in [4.69, 9.17) is 0 Å². The number of benzene rings is 1. The maximum absolute atomic E-state index is 12.7. The highest BCUT2D eigenvalue weighted by Gasteiger charge is 2.29. The maximum Gasteiger partial charge on any atom is 0.228 e. The number of hydrogen-bond donors (Lipinski definition) is 1. The molecule has 1 aliphatic carbocycles. The topological polar surface area (TPSA) is 69.2 Å². The summed E-state index contributed by atoms with van der Waals surface area (Å²) in [6.07, 6.45) is 4.19. The molecule has 0 unspecified atom stereocenters. The summed E-state index contributed by atoms with van der Waals surface area (Å²) in [6, 6.07) is 5.32. The number of rotatable bonds is 3. The Bertz CT molecular complexity index is 510. The standard InChI is InChI=1S/C14H14FNO3/c15-9-5-7-10(8-6-9)16-13(17)11-3-1-2-4-12(11)14(18)19/h1-2,5-8,11-12H,3-4H2,(H,16,17)(H,18,19)/p-1/t11-,12+/m0/s1. The van der Waals surface area contributed by atoms with Gasteiger partial charge in [-0.25, -0.2) is 4.39 Å². The summed E-state index contributed by atoms with van der Waals surface area (Å²) in [6.45, 7) is 0. The number of amides is 1. The maximum atomic E-state index is 12.7. The van der Waals surface area contributed by atoms with Crippen LogP contribution in [0.15, 0.2) is 36.4 Å². The summed E-state index contributed by atoms with van der Waals surface area (Å²) in [7, 11) is 0. The number of aliphatic carboxylic acids is 1. The summed E-state index contributed by atoms with van der Waals surface area (Å²) in [4.78, 5) is 23.0. The minimum atomic E-state index is -1.22. The quantitative estimate of drug-likeness (QED) is 0.829. The highest BCUT2D eigenvalue weighted by molar-refractivity contribution is 5.95. The molecule has 1 N–H and O–H groups in total. The van der Waals surface area contributed by atoms with Crippen molar-refractivity contribution in [1.29, 1.82) is 0 Å². The largest absolute Gasteiger partial charge is 0.550 e. The van der Waals surface area contributed by atoms with Gasteiger partial charge in [0.25, 0.3) is 0 Å². The van der Waals surface area contributed by atoms with Crippen LogP contribution in [0.5, 0.6) is 0 Å². The number of carbonyl (C=O) groups excluding carboxylic acids is 2. The van der Waals surface area contributed by atoms with E-state index in [1.165, 1.54) is 24.3 Å². The van der Waals surface area contributed by atoms with Gasteiger partial charge in [-0.15, -0.1) is 0 Å².